The third kappa shape index (κ3) is 18.4. The van der Waals surface area contributed by atoms with Gasteiger partial charge in [0.2, 0.25) is 59.3 Å². The van der Waals surface area contributed by atoms with Crippen LogP contribution >= 0.6 is 11.6 Å². The highest BCUT2D eigenvalue weighted by Gasteiger charge is 2.53. The maximum Gasteiger partial charge on any atom is 0.249 e. The number of carbonyl (C=O) groups is 8. The van der Waals surface area contributed by atoms with Crippen LogP contribution in [0.2, 0.25) is 5.02 Å². The number of fused-ring (bicyclic) bond motifs is 15. The van der Waals surface area contributed by atoms with Crippen LogP contribution in [0.3, 0.4) is 0 Å². The Bertz CT molecular complexity index is 4540. The second kappa shape index (κ2) is 34.9. The Hall–Kier alpha value is -9.65. The van der Waals surface area contributed by atoms with E-state index in [1.807, 2.05) is 25.8 Å². The van der Waals surface area contributed by atoms with Gasteiger partial charge in [0.1, 0.15) is 95.5 Å². The minimum atomic E-state index is -2.33. The topological polar surface area (TPSA) is 561 Å². The number of piperazine rings is 1. The number of phenolic OH excluding ortho intramolecular Hbond substituents is 3. The Morgan fingerprint density at radius 3 is 1.89 bits per heavy atom. The number of primary amides is 1. The number of carbonyl (C=O) groups excluding carboxylic acids is 8. The Balaban J connectivity index is 1.11. The average Bonchev–Trinajstić information content (AvgIpc) is 0.762. The van der Waals surface area contributed by atoms with Crippen molar-refractivity contribution in [2.75, 3.05) is 46.9 Å². The highest BCUT2D eigenvalue weighted by Crippen LogP contribution is 2.50. The van der Waals surface area contributed by atoms with E-state index in [1.165, 1.54) is 82.1 Å². The summed E-state index contributed by atoms with van der Waals surface area (Å²) in [6, 6.07) is 2.99. The van der Waals surface area contributed by atoms with Crippen LogP contribution < -0.4 is 68.6 Å². The summed E-state index contributed by atoms with van der Waals surface area (Å²) in [4.78, 5) is 126. The predicted octanol–water partition coefficient (Wildman–Crippen LogP) is -0.620. The molecule has 116 heavy (non-hydrogen) atoms. The van der Waals surface area contributed by atoms with Gasteiger partial charge in [-0.25, -0.2) is 0 Å². The SMILES string of the molecule is CNC(CC(C)C)C(=O)NC1C(=O)NC(CC(N)=O)C(=O)NC2C(=O)NC3C(=O)NC(C(=O)NC(C(=O)N4CCN(C)CC4)c4cc(O)cc(O)c4-c4cc3ccc4O)C(O[C@@H]3C[C@@](C)(N)[C@H](O)[C@@H](C)O3)c3ccc(cc3)Oc3cc2cc(c3O[C@H]2O[C@@H](CO)[C@H](O)[C@@H](O)[C@@H]2O[C@@H]2C[C@@](C)(N)[C@H](O)[C@@H](C)O2)Oc2ccc(cc2Cl)C1O. The number of nitrogens with two attached hydrogens (primary N) is 3. The maximum absolute atomic E-state index is 16.5. The van der Waals surface area contributed by atoms with Crippen LogP contribution in [0.15, 0.2) is 84.9 Å². The van der Waals surface area contributed by atoms with Crippen LogP contribution in [0, 0.1) is 5.92 Å². The number of rotatable bonds is 15. The van der Waals surface area contributed by atoms with Gasteiger partial charge in [-0.2, -0.15) is 0 Å². The molecular formula is C78H99ClN12O25. The van der Waals surface area contributed by atoms with Gasteiger partial charge >= 0.3 is 0 Å². The van der Waals surface area contributed by atoms with Gasteiger partial charge in [-0.15, -0.1) is 0 Å². The molecule has 4 saturated heterocycles. The Morgan fingerprint density at radius 1 is 0.672 bits per heavy atom. The molecule has 4 fully saturated rings. The van der Waals surface area contributed by atoms with Crippen LogP contribution in [-0.2, 0) is 62.0 Å². The molecule has 9 aliphatic heterocycles. The molecule has 5 aromatic carbocycles. The Labute approximate surface area is 670 Å². The van der Waals surface area contributed by atoms with E-state index in [4.69, 9.17) is 66.7 Å². The second-order valence-corrected chi connectivity index (χ2v) is 31.8. The van der Waals surface area contributed by atoms with E-state index in [0.29, 0.717) is 13.1 Å². The summed E-state index contributed by atoms with van der Waals surface area (Å²) < 4.78 is 52.3. The molecular weight excluding hydrogens is 1540 g/mol. The number of hydrogen-bond acceptors (Lipinski definition) is 29. The van der Waals surface area contributed by atoms with Gasteiger partial charge < -0.3 is 148 Å². The summed E-state index contributed by atoms with van der Waals surface area (Å²) in [6.45, 7) is 9.73. The number of likely N-dealkylation sites (N-methyl/N-ethyl adjacent to an activating group) is 2. The molecule has 9 aliphatic rings. The Kier molecular flexibility index (Phi) is 25.8. The molecule has 0 aromatic heterocycles. The van der Waals surface area contributed by atoms with Gasteiger partial charge in [0.25, 0.3) is 0 Å². The largest absolute Gasteiger partial charge is 0.508 e. The van der Waals surface area contributed by atoms with Gasteiger partial charge in [0.15, 0.2) is 30.2 Å². The molecule has 9 heterocycles. The van der Waals surface area contributed by atoms with Crippen molar-refractivity contribution in [3.8, 4) is 57.1 Å². The second-order valence-electron chi connectivity index (χ2n) is 31.4. The lowest BCUT2D eigenvalue weighted by Crippen LogP contribution is -2.64. The molecule has 0 saturated carbocycles. The molecule has 22 atom stereocenters. The smallest absolute Gasteiger partial charge is 0.249 e. The minimum Gasteiger partial charge on any atom is -0.508 e. The number of phenols is 3. The van der Waals surface area contributed by atoms with E-state index in [0.717, 1.165) is 42.5 Å². The molecule has 22 N–H and O–H groups in total. The minimum absolute atomic E-state index is 0.0229. The van der Waals surface area contributed by atoms with Crippen molar-refractivity contribution in [3.05, 3.63) is 118 Å². The normalized spacial score (nSPS) is 32.2. The molecule has 11 bridgehead atoms. The Morgan fingerprint density at radius 2 is 1.28 bits per heavy atom. The highest BCUT2D eigenvalue weighted by atomic mass is 35.5. The van der Waals surface area contributed by atoms with Gasteiger partial charge in [-0.3, -0.25) is 38.4 Å². The van der Waals surface area contributed by atoms with Crippen LogP contribution in [-0.4, -0.2) is 253 Å². The van der Waals surface area contributed by atoms with E-state index >= 15 is 28.8 Å². The van der Waals surface area contributed by atoms with Crippen molar-refractivity contribution in [1.29, 1.82) is 0 Å². The fraction of sp³-hybridized carbons (Fsp3) is 0.513. The summed E-state index contributed by atoms with van der Waals surface area (Å²) in [7, 11) is 3.32. The average molecular weight is 1640 g/mol. The summed E-state index contributed by atoms with van der Waals surface area (Å²) in [5.74, 6) is -13.7. The fourth-order valence-electron chi connectivity index (χ4n) is 15.4. The zero-order valence-corrected chi connectivity index (χ0v) is 65.4. The van der Waals surface area contributed by atoms with Crippen molar-refractivity contribution in [2.24, 2.45) is 23.1 Å². The lowest BCUT2D eigenvalue weighted by atomic mass is 9.86. The first-order chi connectivity index (χ1) is 54.8. The van der Waals surface area contributed by atoms with Crippen LogP contribution in [0.4, 0.5) is 0 Å². The number of nitrogens with zero attached hydrogens (tertiary/aromatic N) is 2. The molecule has 9 unspecified atom stereocenters. The molecule has 8 amide bonds. The number of halogens is 1. The standard InChI is InChI=1S/C78H99ClN12O25/c1-32(2)21-44(83-7)69(102)88-59-61(97)37-12-16-48(43(79)23-37)112-50-25-38-24-49(65(50)116-76-66(63(99)62(98)51(31-92)113-76)115-54-30-78(6,82)68(101)34(4)110-54)111-40-13-9-35(10-14-40)64(114-53-29-77(5,81)67(100)33(3)109-53)60-74(107)87-58(75(108)91-19-17-90(8)18-20-91)42-26-39(93)27-47(95)55(42)41-22-36(11-15-46(41)94)56(71(104)89-60)86-72(105)57(38)85-70(103)45(28-52(80)96)84-73(59)106/h9-16,22-27,32-34,44-45,51,53-54,56-64,66-68,76,83,92-95,97-101H,17-21,28-31,81-82H2,1-8H3,(H2,80,96)(H,84,106)(H,85,103)(H,86,105)(H,87,107)(H,88,102)(H,89,104)/t33-,34-,44?,45?,51+,53-,54-,56?,57?,58?,59?,60?,61?,62+,63-,64?,66+,67-,68-,76-,77-,78-/m1/s1. The van der Waals surface area contributed by atoms with Crippen molar-refractivity contribution in [3.63, 3.8) is 0 Å². The molecule has 14 rings (SSSR count). The van der Waals surface area contributed by atoms with E-state index in [1.54, 1.807) is 0 Å². The first-order valence-corrected chi connectivity index (χ1v) is 38.3. The number of amides is 8. The van der Waals surface area contributed by atoms with Crippen LogP contribution in [0.25, 0.3) is 11.1 Å². The van der Waals surface area contributed by atoms with Gasteiger partial charge in [0.05, 0.1) is 48.5 Å². The van der Waals surface area contributed by atoms with E-state index in [-0.39, 0.29) is 88.2 Å². The number of aromatic hydroxyl groups is 3. The molecule has 38 heteroatoms. The fourth-order valence-corrected chi connectivity index (χ4v) is 15.7. The first kappa shape index (κ1) is 85.7. The third-order valence-corrected chi connectivity index (χ3v) is 22.2. The maximum atomic E-state index is 16.5. The van der Waals surface area contributed by atoms with E-state index in [9.17, 15) is 55.5 Å². The lowest BCUT2D eigenvalue weighted by molar-refractivity contribution is -0.333. The van der Waals surface area contributed by atoms with E-state index in [2.05, 4.69) is 37.2 Å². The highest BCUT2D eigenvalue weighted by molar-refractivity contribution is 6.32. The number of nitrogens with one attached hydrogen (secondary N) is 7. The van der Waals surface area contributed by atoms with Crippen molar-refractivity contribution in [2.45, 2.75) is 201 Å². The number of aliphatic hydroxyl groups is 6. The number of aliphatic hydroxyl groups excluding tert-OH is 6. The number of ether oxygens (including phenoxy) is 8. The zero-order chi connectivity index (χ0) is 84.0. The van der Waals surface area contributed by atoms with Crippen LogP contribution in [0.1, 0.15) is 125 Å². The zero-order valence-electron chi connectivity index (χ0n) is 64.6. The molecule has 5 aromatic rings. The quantitative estimate of drug-likeness (QED) is 0.0621. The number of hydrogen-bond donors (Lipinski definition) is 19. The molecule has 0 spiro atoms. The summed E-state index contributed by atoms with van der Waals surface area (Å²) >= 11 is 7.18. The van der Waals surface area contributed by atoms with Gasteiger partial charge in [0, 0.05) is 67.3 Å². The summed E-state index contributed by atoms with van der Waals surface area (Å²) in [6.07, 6.45) is -22.1. The predicted molar refractivity (Wildman–Crippen MR) is 407 cm³/mol. The van der Waals surface area contributed by atoms with E-state index < -0.39 is 234 Å². The van der Waals surface area contributed by atoms with Gasteiger partial charge in [-0.05, 0) is 137 Å². The van der Waals surface area contributed by atoms with Crippen molar-refractivity contribution in [1.82, 2.24) is 47.0 Å². The lowest BCUT2D eigenvalue weighted by Gasteiger charge is -2.47. The molecule has 0 radical (unpaired) electrons. The first-order valence-electron chi connectivity index (χ1n) is 37.9. The van der Waals surface area contributed by atoms with Crippen LogP contribution in [0.5, 0.6) is 46.0 Å². The molecule has 0 aliphatic carbocycles. The van der Waals surface area contributed by atoms with Gasteiger partial charge in [-0.1, -0.05) is 49.7 Å². The number of benzene rings is 5. The van der Waals surface area contributed by atoms with Crippen molar-refractivity contribution < 1.29 is 122 Å². The molecule has 37 nitrogen and oxygen atoms in total. The monoisotopic (exact) mass is 1640 g/mol. The summed E-state index contributed by atoms with van der Waals surface area (Å²) in [5, 5.41) is 123. The summed E-state index contributed by atoms with van der Waals surface area (Å²) in [5.41, 5.74) is 14.5. The molecule has 628 valence electrons. The van der Waals surface area contributed by atoms with Crippen molar-refractivity contribution >= 4 is 58.9 Å². The third-order valence-electron chi connectivity index (χ3n) is 21.9.